The molecule has 0 amide bonds. The number of fused-ring (bicyclic) bond motifs is 1. The van der Waals surface area contributed by atoms with Crippen molar-refractivity contribution in [2.75, 3.05) is 5.32 Å². The number of carbonyl (C=O) groups is 1. The van der Waals surface area contributed by atoms with Gasteiger partial charge in [-0.3, -0.25) is 0 Å². The number of aromatic nitrogens is 3. The lowest BCUT2D eigenvalue weighted by molar-refractivity contribution is 0.0607. The molecule has 1 fully saturated rings. The van der Waals surface area contributed by atoms with E-state index >= 15 is 0 Å². The second-order valence-electron chi connectivity index (χ2n) is 10.7. The number of rotatable bonds is 7. The Labute approximate surface area is 237 Å². The number of hydrogen-bond acceptors (Lipinski definition) is 8. The average Bonchev–Trinajstić information content (AvgIpc) is 3.45. The molecular weight excluding hydrogens is 524 g/mol. The van der Waals surface area contributed by atoms with Gasteiger partial charge in [0.2, 0.25) is 0 Å². The van der Waals surface area contributed by atoms with Crippen LogP contribution < -0.4 is 10.1 Å². The molecule has 3 N–H and O–H groups in total. The Hall–Kier alpha value is -3.82. The van der Waals surface area contributed by atoms with Crippen molar-refractivity contribution in [3.63, 3.8) is 0 Å². The van der Waals surface area contributed by atoms with Crippen LogP contribution in [-0.4, -0.2) is 37.2 Å². The Morgan fingerprint density at radius 2 is 1.90 bits per heavy atom. The van der Waals surface area contributed by atoms with E-state index in [1.807, 2.05) is 31.2 Å². The summed E-state index contributed by atoms with van der Waals surface area (Å²) >= 11 is 1.41. The minimum Gasteiger partial charge on any atom is -0.490 e. The zero-order valence-electron chi connectivity index (χ0n) is 22.4. The largest absolute Gasteiger partial charge is 0.490 e. The smallest absolute Gasteiger partial charge is 0.335 e. The maximum atomic E-state index is 11.8. The minimum atomic E-state index is -1.26. The predicted molar refractivity (Wildman–Crippen MR) is 154 cm³/mol. The van der Waals surface area contributed by atoms with E-state index in [1.165, 1.54) is 30.6 Å². The van der Waals surface area contributed by atoms with E-state index in [0.717, 1.165) is 58.7 Å². The number of aliphatic hydroxyl groups is 1. The second kappa shape index (κ2) is 11.0. The normalized spacial score (nSPS) is 19.1. The number of carboxylic acids is 1. The molecule has 1 aromatic carbocycles. The number of aromatic carboxylic acids is 1. The molecule has 0 radical (unpaired) electrons. The van der Waals surface area contributed by atoms with Gasteiger partial charge in [0.05, 0.1) is 22.2 Å². The molecule has 0 aliphatic heterocycles. The summed E-state index contributed by atoms with van der Waals surface area (Å²) in [5.41, 5.74) is 2.33. The van der Waals surface area contributed by atoms with E-state index in [2.05, 4.69) is 15.3 Å². The molecule has 3 aromatic heterocycles. The van der Waals surface area contributed by atoms with E-state index in [0.29, 0.717) is 23.1 Å². The number of anilines is 2. The number of benzene rings is 1. The van der Waals surface area contributed by atoms with Crippen molar-refractivity contribution in [1.29, 1.82) is 0 Å². The van der Waals surface area contributed by atoms with Gasteiger partial charge in [-0.25, -0.2) is 19.7 Å². The molecule has 4 aromatic rings. The average molecular weight is 557 g/mol. The fraction of sp³-hybridized carbons (Fsp3) is 0.355. The van der Waals surface area contributed by atoms with E-state index in [1.54, 1.807) is 30.6 Å². The van der Waals surface area contributed by atoms with Gasteiger partial charge in [0.25, 0.3) is 0 Å². The lowest BCUT2D eigenvalue weighted by atomic mass is 9.79. The van der Waals surface area contributed by atoms with Crippen LogP contribution in [0.25, 0.3) is 10.6 Å². The highest BCUT2D eigenvalue weighted by atomic mass is 32.1. The first-order chi connectivity index (χ1) is 19.4. The first-order valence-electron chi connectivity index (χ1n) is 13.8. The van der Waals surface area contributed by atoms with Gasteiger partial charge < -0.3 is 20.3 Å². The van der Waals surface area contributed by atoms with Crippen LogP contribution in [0.15, 0.2) is 54.9 Å². The minimum absolute atomic E-state index is 0.229. The monoisotopic (exact) mass is 556 g/mol. The molecule has 40 heavy (non-hydrogen) atoms. The lowest BCUT2D eigenvalue weighted by Gasteiger charge is -2.33. The van der Waals surface area contributed by atoms with Gasteiger partial charge in [-0.15, -0.1) is 11.3 Å². The number of ether oxygens (including phenoxy) is 1. The predicted octanol–water partition coefficient (Wildman–Crippen LogP) is 6.63. The molecular formula is C31H32N4O4S. The fourth-order valence-electron chi connectivity index (χ4n) is 5.73. The molecule has 0 saturated heterocycles. The SMILES string of the molecule is Cc1cc(Nc2cc(OC3CCCCC3)ccn2)nc(-c2cnc([C@@]3(O)CCCc4cc(C(=O)O)ccc43)s2)c1. The Kier molecular flexibility index (Phi) is 7.25. The Morgan fingerprint density at radius 1 is 1.05 bits per heavy atom. The summed E-state index contributed by atoms with van der Waals surface area (Å²) in [5.74, 6) is 1.16. The zero-order valence-corrected chi connectivity index (χ0v) is 23.2. The highest BCUT2D eigenvalue weighted by molar-refractivity contribution is 7.15. The first kappa shape index (κ1) is 26.4. The molecule has 2 aliphatic carbocycles. The van der Waals surface area contributed by atoms with E-state index in [-0.39, 0.29) is 11.7 Å². The lowest BCUT2D eigenvalue weighted by Crippen LogP contribution is -2.32. The van der Waals surface area contributed by atoms with Crippen molar-refractivity contribution in [2.45, 2.75) is 70.0 Å². The number of hydrogen-bond donors (Lipinski definition) is 3. The molecule has 9 heteroatoms. The summed E-state index contributed by atoms with van der Waals surface area (Å²) in [5, 5.41) is 25.1. The first-order valence-corrected chi connectivity index (χ1v) is 14.6. The van der Waals surface area contributed by atoms with Gasteiger partial charge in [-0.2, -0.15) is 0 Å². The number of carboxylic acid groups (broad SMARTS) is 1. The fourth-order valence-corrected chi connectivity index (χ4v) is 6.74. The molecule has 0 unspecified atom stereocenters. The molecule has 1 saturated carbocycles. The summed E-state index contributed by atoms with van der Waals surface area (Å²) in [6.07, 6.45) is 11.7. The van der Waals surface area contributed by atoms with Crippen molar-refractivity contribution in [1.82, 2.24) is 15.0 Å². The number of pyridine rings is 2. The van der Waals surface area contributed by atoms with Gasteiger partial charge in [0.15, 0.2) is 0 Å². The third-order valence-electron chi connectivity index (χ3n) is 7.71. The van der Waals surface area contributed by atoms with Gasteiger partial charge in [-0.1, -0.05) is 12.5 Å². The van der Waals surface area contributed by atoms with Crippen molar-refractivity contribution in [3.05, 3.63) is 82.1 Å². The maximum Gasteiger partial charge on any atom is 0.335 e. The molecule has 3 heterocycles. The Morgan fingerprint density at radius 3 is 2.73 bits per heavy atom. The van der Waals surface area contributed by atoms with Crippen molar-refractivity contribution in [2.24, 2.45) is 0 Å². The van der Waals surface area contributed by atoms with Crippen molar-refractivity contribution < 1.29 is 19.7 Å². The molecule has 206 valence electrons. The molecule has 8 nitrogen and oxygen atoms in total. The topological polar surface area (TPSA) is 117 Å². The van der Waals surface area contributed by atoms with Gasteiger partial charge in [-0.05, 0) is 98.9 Å². The quantitative estimate of drug-likeness (QED) is 0.232. The third-order valence-corrected chi connectivity index (χ3v) is 8.88. The van der Waals surface area contributed by atoms with Crippen molar-refractivity contribution >= 4 is 28.9 Å². The van der Waals surface area contributed by atoms with Crippen LogP contribution in [0, 0.1) is 6.92 Å². The summed E-state index contributed by atoms with van der Waals surface area (Å²) in [6, 6.07) is 12.7. The summed E-state index contributed by atoms with van der Waals surface area (Å²) in [6.45, 7) is 2.01. The van der Waals surface area contributed by atoms with Crippen LogP contribution >= 0.6 is 11.3 Å². The van der Waals surface area contributed by atoms with Crippen LogP contribution in [0.4, 0.5) is 11.6 Å². The van der Waals surface area contributed by atoms with E-state index in [4.69, 9.17) is 9.72 Å². The number of nitrogens with zero attached hydrogens (tertiary/aromatic N) is 3. The summed E-state index contributed by atoms with van der Waals surface area (Å²) < 4.78 is 6.20. The molecule has 6 rings (SSSR count). The molecule has 1 atom stereocenters. The van der Waals surface area contributed by atoms with Crippen LogP contribution in [0.3, 0.4) is 0 Å². The number of nitrogens with one attached hydrogen (secondary N) is 1. The molecule has 0 bridgehead atoms. The molecule has 2 aliphatic rings. The zero-order chi connectivity index (χ0) is 27.7. The maximum absolute atomic E-state index is 11.8. The van der Waals surface area contributed by atoms with Crippen molar-refractivity contribution in [3.8, 4) is 16.3 Å². The second-order valence-corrected chi connectivity index (χ2v) is 11.7. The van der Waals surface area contributed by atoms with Gasteiger partial charge in [0.1, 0.15) is 28.0 Å². The van der Waals surface area contributed by atoms with Crippen LogP contribution in [0.5, 0.6) is 5.75 Å². The van der Waals surface area contributed by atoms with Gasteiger partial charge >= 0.3 is 5.97 Å². The Bertz CT molecular complexity index is 1550. The highest BCUT2D eigenvalue weighted by Gasteiger charge is 2.39. The third kappa shape index (κ3) is 5.44. The highest BCUT2D eigenvalue weighted by Crippen LogP contribution is 2.43. The van der Waals surface area contributed by atoms with E-state index in [9.17, 15) is 15.0 Å². The molecule has 0 spiro atoms. The number of thiazole rings is 1. The number of aryl methyl sites for hydroxylation is 2. The summed E-state index contributed by atoms with van der Waals surface area (Å²) in [7, 11) is 0. The van der Waals surface area contributed by atoms with Crippen LogP contribution in [0.1, 0.15) is 77.0 Å². The van der Waals surface area contributed by atoms with Gasteiger partial charge in [0, 0.05) is 18.5 Å². The van der Waals surface area contributed by atoms with E-state index < -0.39 is 11.6 Å². The summed E-state index contributed by atoms with van der Waals surface area (Å²) in [4.78, 5) is 26.2. The van der Waals surface area contributed by atoms with Crippen LogP contribution in [-0.2, 0) is 12.0 Å². The Balaban J connectivity index is 1.24. The standard InChI is InChI=1S/C31H32N4O4S/c1-19-14-25(34-28(15-19)35-27-17-23(11-13-32-27)39-22-7-3-2-4-8-22)26-18-33-30(40-26)31(38)12-5-6-20-16-21(29(36)37)9-10-24(20)31/h9-11,13-18,22,38H,2-8,12H2,1H3,(H,36,37)(H,32,34,35)/t31-/m1/s1. The van der Waals surface area contributed by atoms with Crippen LogP contribution in [0.2, 0.25) is 0 Å².